The third kappa shape index (κ3) is 5.24. The van der Waals surface area contributed by atoms with Crippen LogP contribution in [0.4, 0.5) is 14.5 Å². The number of nitrogens with one attached hydrogen (secondary N) is 1. The quantitative estimate of drug-likeness (QED) is 0.449. The normalized spacial score (nSPS) is 10.8. The first-order chi connectivity index (χ1) is 13.4. The van der Waals surface area contributed by atoms with Gasteiger partial charge < -0.3 is 19.2 Å². The maximum Gasteiger partial charge on any atom is 0.387 e. The number of rotatable bonds is 7. The Labute approximate surface area is 172 Å². The van der Waals surface area contributed by atoms with E-state index in [0.717, 1.165) is 4.47 Å². The molecule has 1 heterocycles. The molecule has 1 aromatic heterocycles. The number of benzene rings is 2. The van der Waals surface area contributed by atoms with Gasteiger partial charge in [-0.1, -0.05) is 39.7 Å². The fourth-order valence-electron chi connectivity index (χ4n) is 2.27. The fraction of sp³-hybridized carbons (Fsp3) is 0.105. The minimum absolute atomic E-state index is 0.00708. The SMILES string of the molecule is O=C(Nc1ccccc1OC(F)F)c1ccc(COc2ccc(Br)cc2Cl)o1. The standard InChI is InChI=1S/C19H13BrClF2NO4/c20-11-5-7-15(13(21)9-11)26-10-12-6-8-17(27-12)18(25)24-14-3-1-2-4-16(14)28-19(22)23/h1-9,19H,10H2,(H,24,25). The van der Waals surface area contributed by atoms with Crippen LogP contribution in [0.2, 0.25) is 5.02 Å². The zero-order valence-electron chi connectivity index (χ0n) is 14.1. The van der Waals surface area contributed by atoms with E-state index in [1.165, 1.54) is 24.3 Å². The number of furan rings is 1. The van der Waals surface area contributed by atoms with Gasteiger partial charge in [-0.25, -0.2) is 0 Å². The van der Waals surface area contributed by atoms with E-state index in [0.29, 0.717) is 16.5 Å². The van der Waals surface area contributed by atoms with Crippen LogP contribution in [0.3, 0.4) is 0 Å². The lowest BCUT2D eigenvalue weighted by Gasteiger charge is -2.10. The molecule has 9 heteroatoms. The average Bonchev–Trinajstić information content (AvgIpc) is 3.11. The highest BCUT2D eigenvalue weighted by molar-refractivity contribution is 9.10. The third-order valence-electron chi connectivity index (χ3n) is 3.50. The predicted molar refractivity (Wildman–Crippen MR) is 103 cm³/mol. The Balaban J connectivity index is 1.64. The van der Waals surface area contributed by atoms with Gasteiger partial charge in [0.25, 0.3) is 5.91 Å². The van der Waals surface area contributed by atoms with Crippen molar-refractivity contribution in [3.05, 3.63) is 75.6 Å². The van der Waals surface area contributed by atoms with E-state index in [1.807, 2.05) is 0 Å². The van der Waals surface area contributed by atoms with E-state index in [4.69, 9.17) is 20.8 Å². The zero-order valence-corrected chi connectivity index (χ0v) is 16.5. The summed E-state index contributed by atoms with van der Waals surface area (Å²) in [5, 5.41) is 2.90. The first kappa shape index (κ1) is 20.2. The van der Waals surface area contributed by atoms with Crippen LogP contribution in [0.5, 0.6) is 11.5 Å². The molecule has 146 valence electrons. The van der Waals surface area contributed by atoms with E-state index in [2.05, 4.69) is 26.0 Å². The molecule has 3 rings (SSSR count). The lowest BCUT2D eigenvalue weighted by atomic mass is 10.3. The molecule has 0 saturated carbocycles. The molecular formula is C19H13BrClF2NO4. The lowest BCUT2D eigenvalue weighted by molar-refractivity contribution is -0.0493. The Kier molecular flexibility index (Phi) is 6.53. The van der Waals surface area contributed by atoms with Crippen LogP contribution in [-0.4, -0.2) is 12.5 Å². The molecule has 0 spiro atoms. The second-order valence-corrected chi connectivity index (χ2v) is 6.78. The van der Waals surface area contributed by atoms with Crippen LogP contribution in [-0.2, 0) is 6.61 Å². The summed E-state index contributed by atoms with van der Waals surface area (Å²) in [5.41, 5.74) is 0.101. The highest BCUT2D eigenvalue weighted by atomic mass is 79.9. The molecule has 0 saturated heterocycles. The molecule has 0 fully saturated rings. The number of alkyl halides is 2. The average molecular weight is 473 g/mol. The maximum atomic E-state index is 12.5. The molecular weight excluding hydrogens is 460 g/mol. The second-order valence-electron chi connectivity index (χ2n) is 5.46. The molecule has 28 heavy (non-hydrogen) atoms. The van der Waals surface area contributed by atoms with Crippen molar-refractivity contribution in [3.63, 3.8) is 0 Å². The Bertz CT molecular complexity index is 980. The topological polar surface area (TPSA) is 60.7 Å². The summed E-state index contributed by atoms with van der Waals surface area (Å²) in [6, 6.07) is 14.1. The van der Waals surface area contributed by atoms with Gasteiger partial charge in [0, 0.05) is 4.47 Å². The number of anilines is 1. The van der Waals surface area contributed by atoms with Crippen molar-refractivity contribution in [2.24, 2.45) is 0 Å². The van der Waals surface area contributed by atoms with Crippen molar-refractivity contribution < 1.29 is 27.5 Å². The molecule has 1 amide bonds. The van der Waals surface area contributed by atoms with Gasteiger partial charge in [-0.05, 0) is 42.5 Å². The summed E-state index contributed by atoms with van der Waals surface area (Å²) in [7, 11) is 0. The van der Waals surface area contributed by atoms with Crippen molar-refractivity contribution in [2.45, 2.75) is 13.2 Å². The van der Waals surface area contributed by atoms with Gasteiger partial charge in [-0.15, -0.1) is 0 Å². The van der Waals surface area contributed by atoms with E-state index in [1.54, 1.807) is 30.3 Å². The van der Waals surface area contributed by atoms with E-state index >= 15 is 0 Å². The van der Waals surface area contributed by atoms with Gasteiger partial charge in [0.2, 0.25) is 0 Å². The summed E-state index contributed by atoms with van der Waals surface area (Å²) < 4.78 is 41.1. The number of hydrogen-bond acceptors (Lipinski definition) is 4. The first-order valence-corrected chi connectivity index (χ1v) is 9.11. The Morgan fingerprint density at radius 2 is 1.93 bits per heavy atom. The van der Waals surface area contributed by atoms with Gasteiger partial charge in [0.15, 0.2) is 5.76 Å². The number of ether oxygens (including phenoxy) is 2. The van der Waals surface area contributed by atoms with Crippen molar-refractivity contribution in [3.8, 4) is 11.5 Å². The minimum atomic E-state index is -3.00. The molecule has 0 bridgehead atoms. The van der Waals surface area contributed by atoms with Gasteiger partial charge in [-0.3, -0.25) is 4.79 Å². The Morgan fingerprint density at radius 1 is 1.14 bits per heavy atom. The van der Waals surface area contributed by atoms with Crippen molar-refractivity contribution >= 4 is 39.1 Å². The zero-order chi connectivity index (χ0) is 20.1. The Hall–Kier alpha value is -2.58. The molecule has 0 aliphatic carbocycles. The molecule has 3 aromatic rings. The number of carbonyl (C=O) groups is 1. The highest BCUT2D eigenvalue weighted by Crippen LogP contribution is 2.29. The van der Waals surface area contributed by atoms with Crippen LogP contribution < -0.4 is 14.8 Å². The van der Waals surface area contributed by atoms with Gasteiger partial charge in [0.05, 0.1) is 10.7 Å². The van der Waals surface area contributed by atoms with E-state index in [9.17, 15) is 13.6 Å². The van der Waals surface area contributed by atoms with Crippen LogP contribution in [0.25, 0.3) is 0 Å². The Morgan fingerprint density at radius 3 is 2.68 bits per heavy atom. The summed E-state index contributed by atoms with van der Waals surface area (Å²) in [6.45, 7) is -2.95. The van der Waals surface area contributed by atoms with Gasteiger partial charge in [0.1, 0.15) is 23.9 Å². The van der Waals surface area contributed by atoms with Gasteiger partial charge in [-0.2, -0.15) is 8.78 Å². The monoisotopic (exact) mass is 471 g/mol. The molecule has 0 aliphatic rings. The fourth-order valence-corrected chi connectivity index (χ4v) is 3.00. The predicted octanol–water partition coefficient (Wildman–Crippen LogP) is 6.13. The number of amides is 1. The molecule has 0 radical (unpaired) electrons. The van der Waals surface area contributed by atoms with Crippen LogP contribution in [0, 0.1) is 0 Å². The lowest BCUT2D eigenvalue weighted by Crippen LogP contribution is -2.13. The molecule has 2 aromatic carbocycles. The smallest absolute Gasteiger partial charge is 0.387 e. The van der Waals surface area contributed by atoms with Crippen molar-refractivity contribution in [1.82, 2.24) is 0 Å². The van der Waals surface area contributed by atoms with Crippen molar-refractivity contribution in [1.29, 1.82) is 0 Å². The largest absolute Gasteiger partial charge is 0.484 e. The first-order valence-electron chi connectivity index (χ1n) is 7.94. The summed E-state index contributed by atoms with van der Waals surface area (Å²) in [4.78, 5) is 12.3. The van der Waals surface area contributed by atoms with Crippen LogP contribution in [0.1, 0.15) is 16.3 Å². The minimum Gasteiger partial charge on any atom is -0.484 e. The molecule has 1 N–H and O–H groups in total. The number of carbonyl (C=O) groups excluding carboxylic acids is 1. The third-order valence-corrected chi connectivity index (χ3v) is 4.29. The van der Waals surface area contributed by atoms with Crippen LogP contribution >= 0.6 is 27.5 Å². The molecule has 0 atom stereocenters. The number of hydrogen-bond donors (Lipinski definition) is 1. The summed E-state index contributed by atoms with van der Waals surface area (Å²) in [5.74, 6) is 0.0861. The number of halogens is 4. The van der Waals surface area contributed by atoms with Gasteiger partial charge >= 0.3 is 6.61 Å². The molecule has 5 nitrogen and oxygen atoms in total. The number of para-hydroxylation sites is 2. The second kappa shape index (κ2) is 9.07. The van der Waals surface area contributed by atoms with Crippen LogP contribution in [0.15, 0.2) is 63.5 Å². The highest BCUT2D eigenvalue weighted by Gasteiger charge is 2.16. The summed E-state index contributed by atoms with van der Waals surface area (Å²) in [6.07, 6.45) is 0. The summed E-state index contributed by atoms with van der Waals surface area (Å²) >= 11 is 9.38. The van der Waals surface area contributed by atoms with Crippen molar-refractivity contribution in [2.75, 3.05) is 5.32 Å². The van der Waals surface area contributed by atoms with E-state index in [-0.39, 0.29) is 23.8 Å². The maximum absolute atomic E-state index is 12.5. The molecule has 0 unspecified atom stereocenters. The van der Waals surface area contributed by atoms with E-state index < -0.39 is 12.5 Å². The molecule has 0 aliphatic heterocycles.